The first kappa shape index (κ1) is 16.4. The van der Waals surface area contributed by atoms with Crippen molar-refractivity contribution in [1.82, 2.24) is 9.97 Å². The van der Waals surface area contributed by atoms with Gasteiger partial charge in [-0.1, -0.05) is 44.5 Å². The molecule has 2 aromatic rings. The van der Waals surface area contributed by atoms with Gasteiger partial charge in [-0.25, -0.2) is 14.4 Å². The van der Waals surface area contributed by atoms with Crippen LogP contribution in [0.25, 0.3) is 0 Å². The van der Waals surface area contributed by atoms with Crippen LogP contribution in [0.15, 0.2) is 18.2 Å². The second kappa shape index (κ2) is 6.04. The number of rotatable bonds is 2. The lowest BCUT2D eigenvalue weighted by Gasteiger charge is -2.21. The fourth-order valence-electron chi connectivity index (χ4n) is 1.94. The van der Waals surface area contributed by atoms with Crippen molar-refractivity contribution in [1.29, 1.82) is 0 Å². The van der Waals surface area contributed by atoms with Crippen LogP contribution in [0.3, 0.4) is 0 Å². The maximum Gasteiger partial charge on any atom is 0.145 e. The van der Waals surface area contributed by atoms with Crippen molar-refractivity contribution in [3.63, 3.8) is 0 Å². The number of nitrogen functional groups attached to an aromatic ring is 1. The molecule has 2 N–H and O–H groups in total. The van der Waals surface area contributed by atoms with Crippen LogP contribution in [-0.2, 0) is 11.8 Å². The van der Waals surface area contributed by atoms with Crippen molar-refractivity contribution in [2.24, 2.45) is 0 Å². The molecule has 0 saturated carbocycles. The van der Waals surface area contributed by atoms with E-state index in [1.54, 1.807) is 12.1 Å². The topological polar surface area (TPSA) is 51.8 Å². The van der Waals surface area contributed by atoms with Gasteiger partial charge in [-0.2, -0.15) is 0 Å². The zero-order valence-corrected chi connectivity index (χ0v) is 15.0. The van der Waals surface area contributed by atoms with Crippen molar-refractivity contribution < 1.29 is 4.39 Å². The molecule has 0 aliphatic carbocycles. The highest BCUT2D eigenvalue weighted by Gasteiger charge is 2.22. The van der Waals surface area contributed by atoms with E-state index in [4.69, 9.17) is 17.3 Å². The second-order valence-corrected chi connectivity index (χ2v) is 7.31. The molecule has 1 heterocycles. The summed E-state index contributed by atoms with van der Waals surface area (Å²) in [5.41, 5.74) is 7.13. The molecule has 0 saturated heterocycles. The van der Waals surface area contributed by atoms with Gasteiger partial charge in [0.2, 0.25) is 0 Å². The number of nitrogens with zero attached hydrogens (tertiary/aromatic N) is 2. The first-order valence-corrected chi connectivity index (χ1v) is 7.91. The van der Waals surface area contributed by atoms with Crippen molar-refractivity contribution in [2.45, 2.75) is 32.6 Å². The van der Waals surface area contributed by atoms with Gasteiger partial charge in [0.15, 0.2) is 0 Å². The van der Waals surface area contributed by atoms with Gasteiger partial charge in [-0.3, -0.25) is 0 Å². The normalized spacial score (nSPS) is 11.7. The maximum absolute atomic E-state index is 14.0. The van der Waals surface area contributed by atoms with Crippen LogP contribution in [0.1, 0.15) is 37.9 Å². The van der Waals surface area contributed by atoms with Crippen molar-refractivity contribution >= 4 is 40.0 Å². The number of nitrogens with two attached hydrogens (primary N) is 1. The van der Waals surface area contributed by atoms with Gasteiger partial charge in [0.25, 0.3) is 0 Å². The van der Waals surface area contributed by atoms with E-state index in [2.05, 4.69) is 53.3 Å². The highest BCUT2D eigenvalue weighted by atomic mass is 127. The van der Waals surface area contributed by atoms with Crippen LogP contribution in [-0.4, -0.2) is 9.97 Å². The Bertz CT molecular complexity index is 683. The largest absolute Gasteiger partial charge is 0.383 e. The van der Waals surface area contributed by atoms with Gasteiger partial charge in [0.1, 0.15) is 17.5 Å². The molecule has 2 rings (SSSR count). The molecule has 0 spiro atoms. The van der Waals surface area contributed by atoms with Crippen molar-refractivity contribution in [3.8, 4) is 0 Å². The highest BCUT2D eigenvalue weighted by molar-refractivity contribution is 14.1. The predicted molar refractivity (Wildman–Crippen MR) is 92.1 cm³/mol. The van der Waals surface area contributed by atoms with Gasteiger partial charge in [0, 0.05) is 11.8 Å². The average Bonchev–Trinajstić information content (AvgIpc) is 2.37. The molecule has 0 aliphatic heterocycles. The Balaban J connectivity index is 2.46. The van der Waals surface area contributed by atoms with E-state index in [0.29, 0.717) is 17.2 Å². The molecule has 3 nitrogen and oxygen atoms in total. The number of halogens is 3. The highest BCUT2D eigenvalue weighted by Crippen LogP contribution is 2.29. The monoisotopic (exact) mass is 419 g/mol. The molecule has 0 bridgehead atoms. The summed E-state index contributed by atoms with van der Waals surface area (Å²) >= 11 is 7.94. The minimum Gasteiger partial charge on any atom is -0.383 e. The third kappa shape index (κ3) is 3.63. The lowest BCUT2D eigenvalue weighted by Crippen LogP contribution is -2.19. The standard InChI is InChI=1S/C15H16ClFIN3/c1-15(2,3)13-12(18)14(19)21-10(20-13)7-8-5-4-6-9(16)11(8)17/h4-6H,7H2,1-3H3,(H2,19,20,21). The van der Waals surface area contributed by atoms with E-state index in [-0.39, 0.29) is 16.9 Å². The van der Waals surface area contributed by atoms with Gasteiger partial charge in [-0.05, 0) is 34.2 Å². The van der Waals surface area contributed by atoms with E-state index in [1.165, 1.54) is 6.07 Å². The molecule has 0 aliphatic rings. The maximum atomic E-state index is 14.0. The molecule has 0 atom stereocenters. The molecule has 1 aromatic heterocycles. The molecule has 0 unspecified atom stereocenters. The summed E-state index contributed by atoms with van der Waals surface area (Å²) in [6, 6.07) is 4.90. The average molecular weight is 420 g/mol. The van der Waals surface area contributed by atoms with E-state index < -0.39 is 5.82 Å². The lowest BCUT2D eigenvalue weighted by atomic mass is 9.92. The zero-order chi connectivity index (χ0) is 15.8. The van der Waals surface area contributed by atoms with Crippen molar-refractivity contribution in [3.05, 3.63) is 49.7 Å². The fourth-order valence-corrected chi connectivity index (χ4v) is 3.19. The smallest absolute Gasteiger partial charge is 0.145 e. The summed E-state index contributed by atoms with van der Waals surface area (Å²) < 4.78 is 14.8. The summed E-state index contributed by atoms with van der Waals surface area (Å²) in [5, 5.41) is 0.0991. The Labute approximate surface area is 142 Å². The third-order valence-electron chi connectivity index (χ3n) is 3.01. The fraction of sp³-hybridized carbons (Fsp3) is 0.333. The molecule has 0 fully saturated rings. The Kier molecular flexibility index (Phi) is 4.72. The Morgan fingerprint density at radius 2 is 1.95 bits per heavy atom. The van der Waals surface area contributed by atoms with E-state index >= 15 is 0 Å². The van der Waals surface area contributed by atoms with Gasteiger partial charge in [-0.15, -0.1) is 0 Å². The quantitative estimate of drug-likeness (QED) is 0.737. The van der Waals surface area contributed by atoms with E-state index in [9.17, 15) is 4.39 Å². The Morgan fingerprint density at radius 3 is 2.57 bits per heavy atom. The third-order valence-corrected chi connectivity index (χ3v) is 4.37. The summed E-state index contributed by atoms with van der Waals surface area (Å²) in [6.45, 7) is 6.17. The predicted octanol–water partition coefficient (Wildman–Crippen LogP) is 4.34. The molecule has 21 heavy (non-hydrogen) atoms. The minimum absolute atomic E-state index is 0.0991. The molecule has 0 radical (unpaired) electrons. The number of hydrogen-bond acceptors (Lipinski definition) is 3. The Hall–Kier alpha value is -0.950. The van der Waals surface area contributed by atoms with Gasteiger partial charge >= 0.3 is 0 Å². The van der Waals surface area contributed by atoms with Crippen LogP contribution in [0.4, 0.5) is 10.2 Å². The SMILES string of the molecule is CC(C)(C)c1nc(Cc2cccc(Cl)c2F)nc(N)c1I. The number of benzene rings is 1. The molecule has 6 heteroatoms. The van der Waals surface area contributed by atoms with Crippen LogP contribution in [0, 0.1) is 9.39 Å². The molecule has 112 valence electrons. The summed E-state index contributed by atoms with van der Waals surface area (Å²) in [4.78, 5) is 8.82. The van der Waals surface area contributed by atoms with E-state index in [1.807, 2.05) is 0 Å². The molecular weight excluding hydrogens is 404 g/mol. The second-order valence-electron chi connectivity index (χ2n) is 5.83. The first-order valence-electron chi connectivity index (χ1n) is 6.45. The van der Waals surface area contributed by atoms with Crippen LogP contribution in [0.5, 0.6) is 0 Å². The van der Waals surface area contributed by atoms with Gasteiger partial charge < -0.3 is 5.73 Å². The first-order chi connectivity index (χ1) is 9.70. The van der Waals surface area contributed by atoms with Crippen LogP contribution < -0.4 is 5.73 Å². The Morgan fingerprint density at radius 1 is 1.29 bits per heavy atom. The van der Waals surface area contributed by atoms with Crippen LogP contribution in [0.2, 0.25) is 5.02 Å². The summed E-state index contributed by atoms with van der Waals surface area (Å²) in [7, 11) is 0. The molecular formula is C15H16ClFIN3. The summed E-state index contributed by atoms with van der Waals surface area (Å²) in [5.74, 6) is 0.490. The number of hydrogen-bond donors (Lipinski definition) is 1. The molecule has 1 aromatic carbocycles. The lowest BCUT2D eigenvalue weighted by molar-refractivity contribution is 0.558. The number of anilines is 1. The zero-order valence-electron chi connectivity index (χ0n) is 12.0. The summed E-state index contributed by atoms with van der Waals surface area (Å²) in [6.07, 6.45) is 0.261. The van der Waals surface area contributed by atoms with Crippen LogP contribution >= 0.6 is 34.2 Å². The van der Waals surface area contributed by atoms with Gasteiger partial charge in [0.05, 0.1) is 14.3 Å². The minimum atomic E-state index is -0.433. The van der Waals surface area contributed by atoms with Crippen molar-refractivity contribution in [2.75, 3.05) is 5.73 Å². The molecule has 0 amide bonds. The van der Waals surface area contributed by atoms with E-state index in [0.717, 1.165) is 9.26 Å². The number of aromatic nitrogens is 2.